The molecule has 0 aliphatic rings. The van der Waals surface area contributed by atoms with Gasteiger partial charge < -0.3 is 16.0 Å². The largest absolute Gasteiger partial charge is 0.352 e. The van der Waals surface area contributed by atoms with Crippen LogP contribution >= 0.6 is 15.9 Å². The van der Waals surface area contributed by atoms with Crippen molar-refractivity contribution in [2.24, 2.45) is 0 Å². The molecule has 0 saturated carbocycles. The molecule has 26 heavy (non-hydrogen) atoms. The molecule has 0 heterocycles. The van der Waals surface area contributed by atoms with Gasteiger partial charge in [0.25, 0.3) is 5.91 Å². The highest BCUT2D eigenvalue weighted by molar-refractivity contribution is 9.10. The first-order valence-corrected chi connectivity index (χ1v) is 8.95. The maximum absolute atomic E-state index is 11.9. The standard InChI is InChI=1S/C19H20BrN3O3/c20-16-8-6-15(7-9-16)19(26)21-11-10-17(24)23-13-18(25)22-12-14-4-2-1-3-5-14/h1-9H,10-13H2,(H,21,26)(H,22,25)(H,23,24). The molecule has 136 valence electrons. The van der Waals surface area contributed by atoms with E-state index >= 15 is 0 Å². The number of carbonyl (C=O) groups excluding carboxylic acids is 3. The molecular formula is C19H20BrN3O3. The van der Waals surface area contributed by atoms with E-state index in [9.17, 15) is 14.4 Å². The lowest BCUT2D eigenvalue weighted by Crippen LogP contribution is -2.38. The van der Waals surface area contributed by atoms with Gasteiger partial charge in [0.2, 0.25) is 11.8 Å². The van der Waals surface area contributed by atoms with E-state index in [1.165, 1.54) is 0 Å². The Morgan fingerprint density at radius 3 is 2.19 bits per heavy atom. The fourth-order valence-corrected chi connectivity index (χ4v) is 2.38. The van der Waals surface area contributed by atoms with E-state index in [0.717, 1.165) is 10.0 Å². The van der Waals surface area contributed by atoms with Gasteiger partial charge in [-0.3, -0.25) is 14.4 Å². The molecule has 7 heteroatoms. The van der Waals surface area contributed by atoms with Gasteiger partial charge in [0.1, 0.15) is 0 Å². The number of nitrogens with one attached hydrogen (secondary N) is 3. The van der Waals surface area contributed by atoms with Crippen molar-refractivity contribution in [3.63, 3.8) is 0 Å². The molecule has 0 atom stereocenters. The van der Waals surface area contributed by atoms with Crippen LogP contribution in [-0.4, -0.2) is 30.8 Å². The summed E-state index contributed by atoms with van der Waals surface area (Å²) in [4.78, 5) is 35.4. The minimum absolute atomic E-state index is 0.0909. The summed E-state index contributed by atoms with van der Waals surface area (Å²) < 4.78 is 0.888. The lowest BCUT2D eigenvalue weighted by Gasteiger charge is -2.08. The zero-order chi connectivity index (χ0) is 18.8. The summed E-state index contributed by atoms with van der Waals surface area (Å²) in [6.45, 7) is 0.525. The highest BCUT2D eigenvalue weighted by Gasteiger charge is 2.08. The van der Waals surface area contributed by atoms with E-state index in [1.54, 1.807) is 24.3 Å². The fraction of sp³-hybridized carbons (Fsp3) is 0.211. The molecule has 0 aliphatic carbocycles. The summed E-state index contributed by atoms with van der Waals surface area (Å²) in [7, 11) is 0. The van der Waals surface area contributed by atoms with Gasteiger partial charge in [0.05, 0.1) is 6.54 Å². The first kappa shape index (κ1) is 19.7. The van der Waals surface area contributed by atoms with Gasteiger partial charge in [0.15, 0.2) is 0 Å². The second-order valence-electron chi connectivity index (χ2n) is 5.55. The zero-order valence-corrected chi connectivity index (χ0v) is 15.7. The van der Waals surface area contributed by atoms with Crippen molar-refractivity contribution in [2.45, 2.75) is 13.0 Å². The van der Waals surface area contributed by atoms with E-state index in [1.807, 2.05) is 30.3 Å². The van der Waals surface area contributed by atoms with Crippen molar-refractivity contribution >= 4 is 33.7 Å². The van der Waals surface area contributed by atoms with E-state index in [0.29, 0.717) is 12.1 Å². The predicted molar refractivity (Wildman–Crippen MR) is 102 cm³/mol. The van der Waals surface area contributed by atoms with Crippen LogP contribution in [0.1, 0.15) is 22.3 Å². The normalized spacial score (nSPS) is 10.0. The van der Waals surface area contributed by atoms with Gasteiger partial charge in [-0.1, -0.05) is 46.3 Å². The van der Waals surface area contributed by atoms with E-state index in [2.05, 4.69) is 31.9 Å². The van der Waals surface area contributed by atoms with Crippen molar-refractivity contribution in [1.82, 2.24) is 16.0 Å². The maximum Gasteiger partial charge on any atom is 0.251 e. The van der Waals surface area contributed by atoms with Gasteiger partial charge >= 0.3 is 0 Å². The lowest BCUT2D eigenvalue weighted by molar-refractivity contribution is -0.126. The molecule has 2 rings (SSSR count). The van der Waals surface area contributed by atoms with Crippen LogP contribution in [0.3, 0.4) is 0 Å². The van der Waals surface area contributed by atoms with Crippen LogP contribution in [0.15, 0.2) is 59.1 Å². The van der Waals surface area contributed by atoms with Crippen molar-refractivity contribution in [3.8, 4) is 0 Å². The molecule has 0 bridgehead atoms. The van der Waals surface area contributed by atoms with Crippen molar-refractivity contribution in [2.75, 3.05) is 13.1 Å². The summed E-state index contributed by atoms with van der Waals surface area (Å²) in [6.07, 6.45) is 0.105. The van der Waals surface area contributed by atoms with Crippen LogP contribution in [0.5, 0.6) is 0 Å². The summed E-state index contributed by atoms with van der Waals surface area (Å²) in [6, 6.07) is 16.4. The fourth-order valence-electron chi connectivity index (χ4n) is 2.12. The molecule has 0 radical (unpaired) electrons. The molecule has 0 spiro atoms. The molecule has 0 unspecified atom stereocenters. The van der Waals surface area contributed by atoms with E-state index in [-0.39, 0.29) is 37.2 Å². The van der Waals surface area contributed by atoms with Gasteiger partial charge in [-0.25, -0.2) is 0 Å². The summed E-state index contributed by atoms with van der Waals surface area (Å²) >= 11 is 3.30. The van der Waals surface area contributed by atoms with Crippen LogP contribution in [0.25, 0.3) is 0 Å². The number of hydrogen-bond donors (Lipinski definition) is 3. The first-order valence-electron chi connectivity index (χ1n) is 8.15. The van der Waals surface area contributed by atoms with E-state index < -0.39 is 0 Å². The summed E-state index contributed by atoms with van der Waals surface area (Å²) in [5, 5.41) is 7.93. The van der Waals surface area contributed by atoms with Crippen LogP contribution in [0, 0.1) is 0 Å². The third-order valence-electron chi connectivity index (χ3n) is 3.52. The molecule has 0 saturated heterocycles. The number of halogens is 1. The third-order valence-corrected chi connectivity index (χ3v) is 4.05. The number of benzene rings is 2. The maximum atomic E-state index is 11.9. The molecule has 0 fully saturated rings. The molecule has 0 aliphatic heterocycles. The van der Waals surface area contributed by atoms with Crippen LogP contribution in [0.4, 0.5) is 0 Å². The minimum atomic E-state index is -0.295. The minimum Gasteiger partial charge on any atom is -0.352 e. The molecule has 6 nitrogen and oxygen atoms in total. The summed E-state index contributed by atoms with van der Waals surface area (Å²) in [5.41, 5.74) is 1.51. The third kappa shape index (κ3) is 7.06. The van der Waals surface area contributed by atoms with Crippen LogP contribution in [0.2, 0.25) is 0 Å². The van der Waals surface area contributed by atoms with Gasteiger partial charge in [-0.15, -0.1) is 0 Å². The van der Waals surface area contributed by atoms with Crippen molar-refractivity contribution < 1.29 is 14.4 Å². The number of rotatable bonds is 8. The lowest BCUT2D eigenvalue weighted by atomic mass is 10.2. The predicted octanol–water partition coefficient (Wildman–Crippen LogP) is 2.00. The van der Waals surface area contributed by atoms with Crippen LogP contribution in [-0.2, 0) is 16.1 Å². The quantitative estimate of drug-likeness (QED) is 0.613. The Morgan fingerprint density at radius 1 is 0.808 bits per heavy atom. The molecule has 3 amide bonds. The Balaban J connectivity index is 1.60. The number of carbonyl (C=O) groups is 3. The topological polar surface area (TPSA) is 87.3 Å². The van der Waals surface area contributed by atoms with Crippen molar-refractivity contribution in [3.05, 3.63) is 70.2 Å². The highest BCUT2D eigenvalue weighted by atomic mass is 79.9. The van der Waals surface area contributed by atoms with Gasteiger partial charge in [0, 0.05) is 29.5 Å². The Hall–Kier alpha value is -2.67. The van der Waals surface area contributed by atoms with E-state index in [4.69, 9.17) is 0 Å². The molecule has 2 aromatic rings. The van der Waals surface area contributed by atoms with Crippen molar-refractivity contribution in [1.29, 1.82) is 0 Å². The number of amides is 3. The Bertz CT molecular complexity index is 748. The Kier molecular flexibility index (Phi) is 7.82. The monoisotopic (exact) mass is 417 g/mol. The average Bonchev–Trinajstić information content (AvgIpc) is 2.66. The highest BCUT2D eigenvalue weighted by Crippen LogP contribution is 2.10. The molecule has 3 N–H and O–H groups in total. The number of hydrogen-bond acceptors (Lipinski definition) is 3. The first-order chi connectivity index (χ1) is 12.5. The SMILES string of the molecule is O=C(CCNC(=O)c1ccc(Br)cc1)NCC(=O)NCc1ccccc1. The molecular weight excluding hydrogens is 398 g/mol. The zero-order valence-electron chi connectivity index (χ0n) is 14.1. The molecule has 0 aromatic heterocycles. The summed E-state index contributed by atoms with van der Waals surface area (Å²) in [5.74, 6) is -0.803. The second kappa shape index (κ2) is 10.4. The smallest absolute Gasteiger partial charge is 0.251 e. The van der Waals surface area contributed by atoms with Crippen LogP contribution < -0.4 is 16.0 Å². The Labute approximate surface area is 160 Å². The second-order valence-corrected chi connectivity index (χ2v) is 6.47. The Morgan fingerprint density at radius 2 is 1.50 bits per heavy atom. The van der Waals surface area contributed by atoms with Gasteiger partial charge in [-0.2, -0.15) is 0 Å². The van der Waals surface area contributed by atoms with Gasteiger partial charge in [-0.05, 0) is 29.8 Å². The average molecular weight is 418 g/mol. The molecule has 2 aromatic carbocycles.